The molecule has 34 heavy (non-hydrogen) atoms. The van der Waals surface area contributed by atoms with Crippen LogP contribution in [0.2, 0.25) is 0 Å². The van der Waals surface area contributed by atoms with Gasteiger partial charge in [0.15, 0.2) is 0 Å². The van der Waals surface area contributed by atoms with Gasteiger partial charge in [0.05, 0.1) is 17.7 Å². The van der Waals surface area contributed by atoms with Crippen molar-refractivity contribution in [2.75, 3.05) is 0 Å². The number of nitrogens with one attached hydrogen (secondary N) is 1. The molecule has 1 unspecified atom stereocenters. The number of ether oxygens (including phenoxy) is 1. The van der Waals surface area contributed by atoms with Crippen molar-refractivity contribution in [3.8, 4) is 33.0 Å². The summed E-state index contributed by atoms with van der Waals surface area (Å²) in [5.74, 6) is 0.554. The number of benzene rings is 2. The van der Waals surface area contributed by atoms with Gasteiger partial charge < -0.3 is 15.2 Å². The van der Waals surface area contributed by atoms with E-state index in [9.17, 15) is 15.2 Å². The van der Waals surface area contributed by atoms with E-state index in [2.05, 4.69) is 48.4 Å². The van der Waals surface area contributed by atoms with Gasteiger partial charge in [-0.1, -0.05) is 44.2 Å². The zero-order valence-electron chi connectivity index (χ0n) is 20.0. The lowest BCUT2D eigenvalue weighted by Crippen LogP contribution is -2.25. The van der Waals surface area contributed by atoms with Crippen molar-refractivity contribution >= 4 is 17.4 Å². The summed E-state index contributed by atoms with van der Waals surface area (Å²) in [5, 5.41) is 32.0. The first kappa shape index (κ1) is 23.7. The Bertz CT molecular complexity index is 1280. The van der Waals surface area contributed by atoms with Crippen LogP contribution >= 0.6 is 11.3 Å². The van der Waals surface area contributed by atoms with Crippen LogP contribution in [-0.2, 0) is 11.8 Å². The minimum Gasteiger partial charge on any atom is -0.490 e. The Hall–Kier alpha value is -3.44. The minimum atomic E-state index is -1.02. The van der Waals surface area contributed by atoms with E-state index in [1.165, 1.54) is 11.3 Å². The second-order valence-electron chi connectivity index (χ2n) is 9.75. The summed E-state index contributed by atoms with van der Waals surface area (Å²) in [4.78, 5) is 11.3. The zero-order chi connectivity index (χ0) is 24.6. The molecule has 8 heteroatoms. The molecule has 0 bridgehead atoms. The molecule has 0 spiro atoms. The Labute approximate surface area is 203 Å². The molecule has 0 saturated heterocycles. The molecule has 1 aliphatic carbocycles. The summed E-state index contributed by atoms with van der Waals surface area (Å²) in [6, 6.07) is 11.6. The third-order valence-corrected chi connectivity index (χ3v) is 6.85. The highest BCUT2D eigenvalue weighted by Crippen LogP contribution is 2.45. The number of carboxylic acid groups (broad SMARTS) is 1. The first-order valence-corrected chi connectivity index (χ1v) is 12.1. The van der Waals surface area contributed by atoms with E-state index < -0.39 is 6.09 Å². The molecule has 1 atom stereocenters. The van der Waals surface area contributed by atoms with Gasteiger partial charge in [-0.15, -0.1) is 10.2 Å². The Kier molecular flexibility index (Phi) is 6.32. The van der Waals surface area contributed by atoms with Crippen molar-refractivity contribution < 1.29 is 14.6 Å². The maximum atomic E-state index is 11.3. The van der Waals surface area contributed by atoms with Crippen molar-refractivity contribution in [2.24, 2.45) is 0 Å². The molecule has 0 radical (unpaired) electrons. The molecule has 7 nitrogen and oxygen atoms in total. The molecule has 0 saturated carbocycles. The number of nitriles is 1. The largest absolute Gasteiger partial charge is 0.490 e. The van der Waals surface area contributed by atoms with Crippen molar-refractivity contribution in [2.45, 2.75) is 65.0 Å². The highest BCUT2D eigenvalue weighted by Gasteiger charge is 2.32. The van der Waals surface area contributed by atoms with E-state index in [-0.39, 0.29) is 17.6 Å². The maximum Gasteiger partial charge on any atom is 0.405 e. The van der Waals surface area contributed by atoms with Crippen LogP contribution in [0.4, 0.5) is 4.79 Å². The van der Waals surface area contributed by atoms with Crippen LogP contribution in [0.5, 0.6) is 5.75 Å². The molecule has 4 rings (SSSR count). The molecule has 2 N–H and O–H groups in total. The number of rotatable bonds is 5. The number of carbonyl (C=O) groups is 1. The van der Waals surface area contributed by atoms with Crippen LogP contribution in [0.3, 0.4) is 0 Å². The molecule has 3 aromatic rings. The van der Waals surface area contributed by atoms with Crippen LogP contribution < -0.4 is 10.1 Å². The predicted octanol–water partition coefficient (Wildman–Crippen LogP) is 6.08. The van der Waals surface area contributed by atoms with Gasteiger partial charge in [0, 0.05) is 11.1 Å². The van der Waals surface area contributed by atoms with E-state index in [4.69, 9.17) is 4.74 Å². The van der Waals surface area contributed by atoms with Crippen molar-refractivity contribution in [3.63, 3.8) is 0 Å². The number of hydrogen-bond donors (Lipinski definition) is 2. The minimum absolute atomic E-state index is 0.0264. The molecule has 1 heterocycles. The third kappa shape index (κ3) is 4.62. The maximum absolute atomic E-state index is 11.3. The van der Waals surface area contributed by atoms with E-state index in [0.29, 0.717) is 11.3 Å². The van der Waals surface area contributed by atoms with E-state index in [1.54, 1.807) is 12.1 Å². The Morgan fingerprint density at radius 1 is 1.24 bits per heavy atom. The lowest BCUT2D eigenvalue weighted by atomic mass is 9.81. The summed E-state index contributed by atoms with van der Waals surface area (Å²) < 4.78 is 5.74. The Balaban J connectivity index is 1.79. The lowest BCUT2D eigenvalue weighted by Gasteiger charge is -2.24. The standard InChI is InChI=1S/C26H28N4O3S/c1-14(2)33-21-11-6-15(12-16(21)13-27)23-29-30-24(34-23)22-18-8-10-20(28-25(31)32)17(18)7-9-19(22)26(3,4)5/h6-7,9,11-12,14,20,28H,8,10H2,1-5H3,(H,31,32). The summed E-state index contributed by atoms with van der Waals surface area (Å²) >= 11 is 1.48. The predicted molar refractivity (Wildman–Crippen MR) is 132 cm³/mol. The summed E-state index contributed by atoms with van der Waals surface area (Å²) in [6.07, 6.45) is 0.447. The van der Waals surface area contributed by atoms with E-state index >= 15 is 0 Å². The Morgan fingerprint density at radius 2 is 1.97 bits per heavy atom. The van der Waals surface area contributed by atoms with Gasteiger partial charge >= 0.3 is 6.09 Å². The number of amides is 1. The van der Waals surface area contributed by atoms with Crippen LogP contribution in [0.15, 0.2) is 30.3 Å². The fourth-order valence-corrected chi connectivity index (χ4v) is 5.35. The average Bonchev–Trinajstić information content (AvgIpc) is 3.40. The van der Waals surface area contributed by atoms with Crippen LogP contribution in [0, 0.1) is 11.3 Å². The summed E-state index contributed by atoms with van der Waals surface area (Å²) in [5.41, 5.74) is 5.48. The number of hydrogen-bond acceptors (Lipinski definition) is 6. The van der Waals surface area contributed by atoms with Gasteiger partial charge in [-0.05, 0) is 67.0 Å². The van der Waals surface area contributed by atoms with Crippen LogP contribution in [0.1, 0.15) is 69.3 Å². The van der Waals surface area contributed by atoms with Crippen molar-refractivity contribution in [1.82, 2.24) is 15.5 Å². The topological polar surface area (TPSA) is 108 Å². The Morgan fingerprint density at radius 3 is 2.62 bits per heavy atom. The molecule has 2 aromatic carbocycles. The average molecular weight is 477 g/mol. The molecule has 176 valence electrons. The van der Waals surface area contributed by atoms with Crippen LogP contribution in [0.25, 0.3) is 21.1 Å². The second kappa shape index (κ2) is 9.07. The highest BCUT2D eigenvalue weighted by molar-refractivity contribution is 7.18. The first-order valence-electron chi connectivity index (χ1n) is 11.3. The molecule has 0 aliphatic heterocycles. The number of fused-ring (bicyclic) bond motifs is 1. The molecular weight excluding hydrogens is 448 g/mol. The van der Waals surface area contributed by atoms with E-state index in [0.717, 1.165) is 50.7 Å². The summed E-state index contributed by atoms with van der Waals surface area (Å²) in [6.45, 7) is 10.3. The van der Waals surface area contributed by atoms with Gasteiger partial charge in [0.2, 0.25) is 0 Å². The molecule has 1 aliphatic rings. The van der Waals surface area contributed by atoms with Gasteiger partial charge in [-0.3, -0.25) is 0 Å². The van der Waals surface area contributed by atoms with E-state index in [1.807, 2.05) is 26.0 Å². The summed E-state index contributed by atoms with van der Waals surface area (Å²) in [7, 11) is 0. The van der Waals surface area contributed by atoms with Crippen LogP contribution in [-0.4, -0.2) is 27.5 Å². The SMILES string of the molecule is CC(C)Oc1ccc(-c2nnc(-c3c(C(C)(C)C)ccc4c3CCC4NC(=O)O)s2)cc1C#N. The number of aromatic nitrogens is 2. The normalized spacial score (nSPS) is 15.1. The smallest absolute Gasteiger partial charge is 0.405 e. The third-order valence-electron chi connectivity index (χ3n) is 5.86. The van der Waals surface area contributed by atoms with Gasteiger partial charge in [0.25, 0.3) is 0 Å². The van der Waals surface area contributed by atoms with Crippen molar-refractivity contribution in [3.05, 3.63) is 52.6 Å². The molecule has 1 amide bonds. The lowest BCUT2D eigenvalue weighted by molar-refractivity contribution is 0.190. The monoisotopic (exact) mass is 476 g/mol. The molecule has 0 fully saturated rings. The second-order valence-corrected chi connectivity index (χ2v) is 10.7. The number of nitrogens with zero attached hydrogens (tertiary/aromatic N) is 3. The first-order chi connectivity index (χ1) is 16.1. The van der Waals surface area contributed by atoms with Gasteiger partial charge in [-0.25, -0.2) is 4.79 Å². The van der Waals surface area contributed by atoms with Gasteiger partial charge in [-0.2, -0.15) is 5.26 Å². The van der Waals surface area contributed by atoms with Crippen molar-refractivity contribution in [1.29, 1.82) is 5.26 Å². The highest BCUT2D eigenvalue weighted by atomic mass is 32.1. The molecule has 1 aromatic heterocycles. The molecular formula is C26H28N4O3S. The quantitative estimate of drug-likeness (QED) is 0.462. The zero-order valence-corrected chi connectivity index (χ0v) is 20.8. The van der Waals surface area contributed by atoms with Gasteiger partial charge in [0.1, 0.15) is 21.8 Å². The fourth-order valence-electron chi connectivity index (χ4n) is 4.42. The fraction of sp³-hybridized carbons (Fsp3) is 0.385.